The van der Waals surface area contributed by atoms with Crippen molar-refractivity contribution in [2.24, 2.45) is 5.92 Å². The molecule has 0 spiro atoms. The van der Waals surface area contributed by atoms with E-state index >= 15 is 0 Å². The highest BCUT2D eigenvalue weighted by Crippen LogP contribution is 2.44. The number of hydrogen-bond acceptors (Lipinski definition) is 7. The number of alkyl halides is 3. The van der Waals surface area contributed by atoms with E-state index in [4.69, 9.17) is 9.40 Å². The number of sulfone groups is 1. The molecule has 2 aromatic carbocycles. The molecular formula is C30H30F4N4O4S. The lowest BCUT2D eigenvalue weighted by atomic mass is 9.76. The normalized spacial score (nSPS) is 21.1. The Morgan fingerprint density at radius 3 is 2.30 bits per heavy atom. The summed E-state index contributed by atoms with van der Waals surface area (Å²) in [6, 6.07) is 12.7. The third-order valence-electron chi connectivity index (χ3n) is 7.94. The Kier molecular flexibility index (Phi) is 8.78. The van der Waals surface area contributed by atoms with Gasteiger partial charge < -0.3 is 14.6 Å². The zero-order valence-electron chi connectivity index (χ0n) is 23.1. The SMILES string of the molecule is N#CC(CC(F)(F)F)NC(=O)C1CCCCC1c1oc(-c2ccc(F)cc2)nc1-c1ccc(N2CCS(=O)(=O)CC2)cc1. The first kappa shape index (κ1) is 30.5. The van der Waals surface area contributed by atoms with E-state index in [0.29, 0.717) is 54.9 Å². The minimum absolute atomic E-state index is 0.0734. The van der Waals surface area contributed by atoms with E-state index in [1.165, 1.54) is 30.3 Å². The summed E-state index contributed by atoms with van der Waals surface area (Å²) in [5.74, 6) is -1.63. The van der Waals surface area contributed by atoms with Gasteiger partial charge in [-0.3, -0.25) is 4.79 Å². The summed E-state index contributed by atoms with van der Waals surface area (Å²) in [6.07, 6.45) is -3.73. The molecule has 3 unspecified atom stereocenters. The predicted octanol–water partition coefficient (Wildman–Crippen LogP) is 5.62. The molecule has 13 heteroatoms. The number of amides is 1. The zero-order chi connectivity index (χ0) is 30.8. The van der Waals surface area contributed by atoms with Crippen LogP contribution in [0.1, 0.15) is 43.8 Å². The van der Waals surface area contributed by atoms with Crippen LogP contribution >= 0.6 is 0 Å². The van der Waals surface area contributed by atoms with Crippen LogP contribution in [0.15, 0.2) is 52.9 Å². The summed E-state index contributed by atoms with van der Waals surface area (Å²) in [4.78, 5) is 20.0. The van der Waals surface area contributed by atoms with Crippen molar-refractivity contribution in [3.05, 3.63) is 60.1 Å². The van der Waals surface area contributed by atoms with Crippen molar-refractivity contribution >= 4 is 21.4 Å². The van der Waals surface area contributed by atoms with Gasteiger partial charge in [-0.1, -0.05) is 25.0 Å². The number of anilines is 1. The molecule has 1 saturated heterocycles. The highest BCUT2D eigenvalue weighted by molar-refractivity contribution is 7.91. The number of benzene rings is 2. The number of oxazole rings is 1. The number of nitriles is 1. The molecule has 8 nitrogen and oxygen atoms in total. The van der Waals surface area contributed by atoms with E-state index in [1.807, 2.05) is 29.2 Å². The van der Waals surface area contributed by atoms with Crippen LogP contribution in [0.5, 0.6) is 0 Å². The quantitative estimate of drug-likeness (QED) is 0.342. The Morgan fingerprint density at radius 1 is 1.05 bits per heavy atom. The van der Waals surface area contributed by atoms with Gasteiger partial charge >= 0.3 is 6.18 Å². The van der Waals surface area contributed by atoms with Crippen LogP contribution in [0, 0.1) is 23.1 Å². The average molecular weight is 619 g/mol. The molecule has 2 heterocycles. The first-order valence-corrected chi connectivity index (χ1v) is 15.8. The van der Waals surface area contributed by atoms with Crippen LogP contribution in [0.3, 0.4) is 0 Å². The van der Waals surface area contributed by atoms with E-state index in [0.717, 1.165) is 12.1 Å². The van der Waals surface area contributed by atoms with Gasteiger partial charge in [-0.15, -0.1) is 0 Å². The number of hydrogen-bond donors (Lipinski definition) is 1. The number of aromatic nitrogens is 1. The predicted molar refractivity (Wildman–Crippen MR) is 151 cm³/mol. The monoisotopic (exact) mass is 618 g/mol. The van der Waals surface area contributed by atoms with Gasteiger partial charge in [-0.05, 0) is 49.2 Å². The Bertz CT molecular complexity index is 1580. The minimum Gasteiger partial charge on any atom is -0.440 e. The maximum atomic E-state index is 13.6. The van der Waals surface area contributed by atoms with E-state index in [1.54, 1.807) is 0 Å². The molecule has 2 fully saturated rings. The van der Waals surface area contributed by atoms with Gasteiger partial charge in [0.25, 0.3) is 0 Å². The molecule has 43 heavy (non-hydrogen) atoms. The molecule has 1 saturated carbocycles. The number of carbonyl (C=O) groups is 1. The molecule has 0 bridgehead atoms. The minimum atomic E-state index is -4.61. The summed E-state index contributed by atoms with van der Waals surface area (Å²) in [6.45, 7) is 0.755. The van der Waals surface area contributed by atoms with Crippen molar-refractivity contribution in [2.45, 2.75) is 50.2 Å². The molecule has 2 aliphatic rings. The Balaban J connectivity index is 1.48. The van der Waals surface area contributed by atoms with Crippen molar-refractivity contribution < 1.29 is 35.2 Å². The zero-order valence-corrected chi connectivity index (χ0v) is 23.9. The van der Waals surface area contributed by atoms with Crippen LogP contribution in [-0.4, -0.2) is 56.1 Å². The lowest BCUT2D eigenvalue weighted by molar-refractivity contribution is -0.140. The standard InChI is InChI=1S/C30H30F4N4O4S/c31-21-9-5-20(6-10-21)29-37-26(19-7-11-23(12-8-19)38-13-15-43(40,41)16-14-38)27(42-29)24-3-1-2-4-25(24)28(39)36-22(18-35)17-30(32,33)34/h5-12,22,24-25H,1-4,13-17H2,(H,36,39). The van der Waals surface area contributed by atoms with Crippen LogP contribution < -0.4 is 10.2 Å². The molecule has 1 aliphatic heterocycles. The van der Waals surface area contributed by atoms with Crippen molar-refractivity contribution in [3.63, 3.8) is 0 Å². The molecule has 1 aromatic heterocycles. The number of rotatable bonds is 7. The number of carbonyl (C=O) groups excluding carboxylic acids is 1. The van der Waals surface area contributed by atoms with Gasteiger partial charge in [0.05, 0.1) is 24.0 Å². The van der Waals surface area contributed by atoms with Gasteiger partial charge in [0.1, 0.15) is 23.3 Å². The first-order valence-electron chi connectivity index (χ1n) is 14.0. The molecule has 1 aliphatic carbocycles. The summed E-state index contributed by atoms with van der Waals surface area (Å²) >= 11 is 0. The molecular weight excluding hydrogens is 588 g/mol. The maximum absolute atomic E-state index is 13.6. The van der Waals surface area contributed by atoms with Crippen molar-refractivity contribution in [1.82, 2.24) is 10.3 Å². The Hall–Kier alpha value is -3.92. The lowest BCUT2D eigenvalue weighted by Crippen LogP contribution is -2.43. The van der Waals surface area contributed by atoms with Crippen molar-refractivity contribution in [2.75, 3.05) is 29.5 Å². The molecule has 5 rings (SSSR count). The van der Waals surface area contributed by atoms with Gasteiger partial charge in [0, 0.05) is 41.7 Å². The lowest BCUT2D eigenvalue weighted by Gasteiger charge is -2.30. The summed E-state index contributed by atoms with van der Waals surface area (Å²) < 4.78 is 82.5. The van der Waals surface area contributed by atoms with Crippen LogP contribution in [-0.2, 0) is 14.6 Å². The summed E-state index contributed by atoms with van der Waals surface area (Å²) in [5.41, 5.74) is 2.46. The molecule has 228 valence electrons. The fourth-order valence-corrected chi connectivity index (χ4v) is 6.91. The number of nitrogens with one attached hydrogen (secondary N) is 1. The highest BCUT2D eigenvalue weighted by Gasteiger charge is 2.39. The fraction of sp³-hybridized carbons (Fsp3) is 0.433. The Morgan fingerprint density at radius 2 is 1.67 bits per heavy atom. The van der Waals surface area contributed by atoms with Gasteiger partial charge in [-0.25, -0.2) is 17.8 Å². The van der Waals surface area contributed by atoms with E-state index in [-0.39, 0.29) is 17.4 Å². The second kappa shape index (κ2) is 12.4. The molecule has 0 radical (unpaired) electrons. The first-order chi connectivity index (χ1) is 20.4. The summed E-state index contributed by atoms with van der Waals surface area (Å²) in [7, 11) is -3.04. The molecule has 3 atom stereocenters. The van der Waals surface area contributed by atoms with Crippen molar-refractivity contribution in [1.29, 1.82) is 5.26 Å². The van der Waals surface area contributed by atoms with Gasteiger partial charge in [0.2, 0.25) is 11.8 Å². The van der Waals surface area contributed by atoms with E-state index in [2.05, 4.69) is 5.32 Å². The number of halogens is 4. The average Bonchev–Trinajstić information content (AvgIpc) is 3.42. The number of nitrogens with zero attached hydrogens (tertiary/aromatic N) is 3. The highest BCUT2D eigenvalue weighted by atomic mass is 32.2. The largest absolute Gasteiger partial charge is 0.440 e. The van der Waals surface area contributed by atoms with Crippen LogP contribution in [0.4, 0.5) is 23.2 Å². The van der Waals surface area contributed by atoms with Crippen LogP contribution in [0.2, 0.25) is 0 Å². The van der Waals surface area contributed by atoms with E-state index in [9.17, 15) is 36.0 Å². The van der Waals surface area contributed by atoms with Gasteiger partial charge in [-0.2, -0.15) is 18.4 Å². The fourth-order valence-electron chi connectivity index (χ4n) is 5.70. The topological polar surface area (TPSA) is 116 Å². The maximum Gasteiger partial charge on any atom is 0.392 e. The van der Waals surface area contributed by atoms with Crippen molar-refractivity contribution in [3.8, 4) is 28.8 Å². The Labute approximate surface area is 246 Å². The molecule has 3 aromatic rings. The van der Waals surface area contributed by atoms with Gasteiger partial charge in [0.15, 0.2) is 9.84 Å². The second-order valence-electron chi connectivity index (χ2n) is 10.9. The molecule has 1 N–H and O–H groups in total. The smallest absolute Gasteiger partial charge is 0.392 e. The second-order valence-corrected chi connectivity index (χ2v) is 13.2. The van der Waals surface area contributed by atoms with E-state index < -0.39 is 52.0 Å². The molecule has 1 amide bonds. The summed E-state index contributed by atoms with van der Waals surface area (Å²) in [5, 5.41) is 11.5. The third kappa shape index (κ3) is 7.36. The third-order valence-corrected chi connectivity index (χ3v) is 9.55. The van der Waals surface area contributed by atoms with Crippen LogP contribution in [0.25, 0.3) is 22.7 Å².